The van der Waals surface area contributed by atoms with Gasteiger partial charge >= 0.3 is 0 Å². The Hall–Kier alpha value is -3.44. The van der Waals surface area contributed by atoms with E-state index in [0.717, 1.165) is 12.8 Å². The van der Waals surface area contributed by atoms with Gasteiger partial charge in [0.2, 0.25) is 5.88 Å². The van der Waals surface area contributed by atoms with Crippen LogP contribution in [-0.2, 0) is 4.74 Å². The summed E-state index contributed by atoms with van der Waals surface area (Å²) in [4.78, 5) is 21.7. The second kappa shape index (κ2) is 8.00. The second-order valence-electron chi connectivity index (χ2n) is 7.55. The lowest BCUT2D eigenvalue weighted by Gasteiger charge is -2.14. The van der Waals surface area contributed by atoms with Crippen LogP contribution in [0.2, 0.25) is 0 Å². The number of aliphatic hydroxyl groups is 1. The number of ether oxygens (including phenoxy) is 2. The number of hydrogen-bond acceptors (Lipinski definition) is 9. The highest BCUT2D eigenvalue weighted by Gasteiger charge is 2.29. The number of anilines is 3. The maximum absolute atomic E-state index is 12.8. The van der Waals surface area contributed by atoms with Gasteiger partial charge in [-0.3, -0.25) is 4.79 Å². The molecule has 0 aromatic carbocycles. The average molecular weight is 425 g/mol. The Bertz CT molecular complexity index is 1110. The van der Waals surface area contributed by atoms with Crippen molar-refractivity contribution in [2.45, 2.75) is 31.1 Å². The summed E-state index contributed by atoms with van der Waals surface area (Å²) < 4.78 is 12.6. The van der Waals surface area contributed by atoms with E-state index in [4.69, 9.17) is 9.47 Å². The van der Waals surface area contributed by atoms with Crippen molar-refractivity contribution in [2.24, 2.45) is 0 Å². The van der Waals surface area contributed by atoms with Gasteiger partial charge < -0.3 is 30.5 Å². The topological polar surface area (TPSA) is 135 Å². The summed E-state index contributed by atoms with van der Waals surface area (Å²) in [5, 5.41) is 23.3. The molecule has 3 aromatic heterocycles. The highest BCUT2D eigenvalue weighted by molar-refractivity contribution is 6.00. The fourth-order valence-corrected chi connectivity index (χ4v) is 3.35. The smallest absolute Gasteiger partial charge is 0.257 e. The normalized spacial score (nSPS) is 20.6. The number of rotatable bonds is 7. The van der Waals surface area contributed by atoms with Crippen molar-refractivity contribution in [3.63, 3.8) is 0 Å². The van der Waals surface area contributed by atoms with Crippen LogP contribution in [-0.4, -0.2) is 69.1 Å². The molecule has 0 spiro atoms. The first-order valence-electron chi connectivity index (χ1n) is 10.1. The van der Waals surface area contributed by atoms with E-state index in [1.165, 1.54) is 6.20 Å². The first-order chi connectivity index (χ1) is 15.1. The predicted octanol–water partition coefficient (Wildman–Crippen LogP) is 0.940. The number of hydrogen-bond donors (Lipinski definition) is 4. The molecule has 2 aliphatic rings. The van der Waals surface area contributed by atoms with Crippen LogP contribution >= 0.6 is 0 Å². The Morgan fingerprint density at radius 2 is 2.23 bits per heavy atom. The second-order valence-corrected chi connectivity index (χ2v) is 7.55. The van der Waals surface area contributed by atoms with Gasteiger partial charge in [0.05, 0.1) is 31.6 Å². The van der Waals surface area contributed by atoms with E-state index in [2.05, 4.69) is 31.0 Å². The molecule has 4 heterocycles. The van der Waals surface area contributed by atoms with Crippen LogP contribution in [0.5, 0.6) is 5.88 Å². The maximum atomic E-state index is 12.8. The van der Waals surface area contributed by atoms with Crippen LogP contribution in [0.25, 0.3) is 5.65 Å². The number of amides is 1. The van der Waals surface area contributed by atoms with Crippen LogP contribution in [0.3, 0.4) is 0 Å². The van der Waals surface area contributed by atoms with E-state index in [9.17, 15) is 9.90 Å². The van der Waals surface area contributed by atoms with E-state index in [1.807, 2.05) is 12.1 Å². The summed E-state index contributed by atoms with van der Waals surface area (Å²) in [5.41, 5.74) is 1.35. The highest BCUT2D eigenvalue weighted by atomic mass is 16.5. The van der Waals surface area contributed by atoms with Crippen molar-refractivity contribution >= 4 is 28.9 Å². The lowest BCUT2D eigenvalue weighted by molar-refractivity contribution is 0.0888. The zero-order chi connectivity index (χ0) is 21.4. The summed E-state index contributed by atoms with van der Waals surface area (Å²) in [6, 6.07) is 4.99. The Morgan fingerprint density at radius 1 is 1.35 bits per heavy atom. The van der Waals surface area contributed by atoms with Crippen LogP contribution in [0.4, 0.5) is 17.3 Å². The molecule has 2 atom stereocenters. The maximum Gasteiger partial charge on any atom is 0.257 e. The van der Waals surface area contributed by atoms with Crippen LogP contribution in [0, 0.1) is 0 Å². The number of carbonyl (C=O) groups is 1. The van der Waals surface area contributed by atoms with Gasteiger partial charge in [-0.05, 0) is 25.0 Å². The third-order valence-corrected chi connectivity index (χ3v) is 5.18. The SMILES string of the molecule is CNc1cc(Nc2cccnc2OC2CC2)nc2c(C(=O)N[C@H]3COC[C@H]3O)cnn12. The molecule has 5 rings (SSSR count). The number of nitrogens with zero attached hydrogens (tertiary/aromatic N) is 4. The minimum absolute atomic E-state index is 0.201. The average Bonchev–Trinajstić information content (AvgIpc) is 3.34. The first kappa shape index (κ1) is 19.5. The molecule has 1 saturated heterocycles. The Labute approximate surface area is 177 Å². The summed E-state index contributed by atoms with van der Waals surface area (Å²) in [6.45, 7) is 0.463. The highest BCUT2D eigenvalue weighted by Crippen LogP contribution is 2.32. The molecule has 1 saturated carbocycles. The molecule has 162 valence electrons. The standard InChI is InChI=1S/C20H23N7O4/c1-21-17-7-16(24-13-3-2-6-22-20(13)31-11-4-5-11)26-18-12(8-23-27(17)18)19(29)25-14-9-30-10-15(14)28/h2-3,6-8,11,14-15,21,28H,4-5,9-10H2,1H3,(H,24,26)(H,25,29)/t14-,15+/m0/s1. The molecule has 1 aliphatic heterocycles. The van der Waals surface area contributed by atoms with Gasteiger partial charge in [0.1, 0.15) is 29.0 Å². The molecular weight excluding hydrogens is 402 g/mol. The van der Waals surface area contributed by atoms with Crippen LogP contribution in [0.15, 0.2) is 30.6 Å². The van der Waals surface area contributed by atoms with E-state index < -0.39 is 12.1 Å². The largest absolute Gasteiger partial charge is 0.473 e. The zero-order valence-corrected chi connectivity index (χ0v) is 16.9. The van der Waals surface area contributed by atoms with Crippen molar-refractivity contribution in [1.82, 2.24) is 24.9 Å². The van der Waals surface area contributed by atoms with Crippen molar-refractivity contribution in [3.8, 4) is 5.88 Å². The van der Waals surface area contributed by atoms with E-state index in [0.29, 0.717) is 34.4 Å². The minimum Gasteiger partial charge on any atom is -0.473 e. The Balaban J connectivity index is 1.46. The number of fused-ring (bicyclic) bond motifs is 1. The molecule has 11 heteroatoms. The lowest BCUT2D eigenvalue weighted by atomic mass is 10.2. The summed E-state index contributed by atoms with van der Waals surface area (Å²) in [5.74, 6) is 1.28. The number of nitrogens with one attached hydrogen (secondary N) is 3. The van der Waals surface area contributed by atoms with Crippen molar-refractivity contribution in [3.05, 3.63) is 36.2 Å². The fourth-order valence-electron chi connectivity index (χ4n) is 3.35. The van der Waals surface area contributed by atoms with E-state index >= 15 is 0 Å². The molecule has 1 amide bonds. The minimum atomic E-state index is -0.737. The molecular formula is C20H23N7O4. The van der Waals surface area contributed by atoms with Crippen molar-refractivity contribution < 1.29 is 19.4 Å². The molecule has 2 fully saturated rings. The predicted molar refractivity (Wildman–Crippen MR) is 112 cm³/mol. The van der Waals surface area contributed by atoms with E-state index in [1.54, 1.807) is 23.8 Å². The van der Waals surface area contributed by atoms with Crippen LogP contribution < -0.4 is 20.7 Å². The Kier molecular flexibility index (Phi) is 5.04. The number of carbonyl (C=O) groups excluding carboxylic acids is 1. The van der Waals surface area contributed by atoms with Gasteiger partial charge in [0.25, 0.3) is 5.91 Å². The summed E-state index contributed by atoms with van der Waals surface area (Å²) in [6.07, 6.45) is 4.66. The van der Waals surface area contributed by atoms with Gasteiger partial charge in [-0.25, -0.2) is 9.97 Å². The molecule has 11 nitrogen and oxygen atoms in total. The molecule has 4 N–H and O–H groups in total. The summed E-state index contributed by atoms with van der Waals surface area (Å²) in [7, 11) is 1.76. The number of aliphatic hydroxyl groups excluding tert-OH is 1. The van der Waals surface area contributed by atoms with Gasteiger partial charge in [-0.15, -0.1) is 0 Å². The Morgan fingerprint density at radius 3 is 2.97 bits per heavy atom. The van der Waals surface area contributed by atoms with E-state index in [-0.39, 0.29) is 25.2 Å². The molecule has 0 unspecified atom stereocenters. The summed E-state index contributed by atoms with van der Waals surface area (Å²) >= 11 is 0. The molecule has 31 heavy (non-hydrogen) atoms. The van der Waals surface area contributed by atoms with Crippen LogP contribution in [0.1, 0.15) is 23.2 Å². The fraction of sp³-hybridized carbons (Fsp3) is 0.400. The third-order valence-electron chi connectivity index (χ3n) is 5.18. The zero-order valence-electron chi connectivity index (χ0n) is 16.9. The van der Waals surface area contributed by atoms with Gasteiger partial charge in [-0.1, -0.05) is 0 Å². The quantitative estimate of drug-likeness (QED) is 0.436. The first-order valence-corrected chi connectivity index (χ1v) is 10.1. The molecule has 0 bridgehead atoms. The lowest BCUT2D eigenvalue weighted by Crippen LogP contribution is -2.42. The van der Waals surface area contributed by atoms with Gasteiger partial charge in [0.15, 0.2) is 5.65 Å². The number of pyridine rings is 1. The van der Waals surface area contributed by atoms with Gasteiger partial charge in [0, 0.05) is 19.3 Å². The molecule has 1 aliphatic carbocycles. The number of aromatic nitrogens is 4. The molecule has 0 radical (unpaired) electrons. The van der Waals surface area contributed by atoms with Crippen molar-refractivity contribution in [1.29, 1.82) is 0 Å². The molecule has 3 aromatic rings. The monoisotopic (exact) mass is 425 g/mol. The third kappa shape index (κ3) is 3.97. The van der Waals surface area contributed by atoms with Crippen molar-refractivity contribution in [2.75, 3.05) is 30.9 Å². The van der Waals surface area contributed by atoms with Gasteiger partial charge in [-0.2, -0.15) is 9.61 Å².